The summed E-state index contributed by atoms with van der Waals surface area (Å²) in [4.78, 5) is 0. The SMILES string of the molecule is Cc1cccc(C(Cc2ccc(I)cc2)NN)c1I. The van der Waals surface area contributed by atoms with Crippen molar-refractivity contribution >= 4 is 45.2 Å². The van der Waals surface area contributed by atoms with Crippen LogP contribution in [0, 0.1) is 14.1 Å². The van der Waals surface area contributed by atoms with Gasteiger partial charge in [-0.3, -0.25) is 11.3 Å². The Morgan fingerprint density at radius 1 is 1.11 bits per heavy atom. The van der Waals surface area contributed by atoms with Crippen molar-refractivity contribution in [2.75, 3.05) is 0 Å². The van der Waals surface area contributed by atoms with E-state index in [2.05, 4.69) is 100.0 Å². The van der Waals surface area contributed by atoms with E-state index in [-0.39, 0.29) is 6.04 Å². The molecule has 3 N–H and O–H groups in total. The van der Waals surface area contributed by atoms with Crippen molar-refractivity contribution in [1.29, 1.82) is 0 Å². The predicted molar refractivity (Wildman–Crippen MR) is 96.8 cm³/mol. The Hall–Kier alpha value is -0.180. The Bertz CT molecular complexity index is 553. The van der Waals surface area contributed by atoms with E-state index in [1.165, 1.54) is 23.8 Å². The molecule has 0 radical (unpaired) electrons. The summed E-state index contributed by atoms with van der Waals surface area (Å²) >= 11 is 4.71. The van der Waals surface area contributed by atoms with Crippen molar-refractivity contribution in [2.45, 2.75) is 19.4 Å². The number of halogens is 2. The number of hydrogen-bond acceptors (Lipinski definition) is 2. The summed E-state index contributed by atoms with van der Waals surface area (Å²) in [7, 11) is 0. The molecular weight excluding hydrogens is 462 g/mol. The van der Waals surface area contributed by atoms with Crippen LogP contribution in [0.4, 0.5) is 0 Å². The van der Waals surface area contributed by atoms with Gasteiger partial charge in [0.15, 0.2) is 0 Å². The van der Waals surface area contributed by atoms with E-state index in [1.54, 1.807) is 0 Å². The molecule has 0 heterocycles. The lowest BCUT2D eigenvalue weighted by atomic mass is 9.98. The molecule has 0 aromatic heterocycles. The van der Waals surface area contributed by atoms with E-state index >= 15 is 0 Å². The molecule has 4 heteroatoms. The Morgan fingerprint density at radius 3 is 2.42 bits per heavy atom. The van der Waals surface area contributed by atoms with Gasteiger partial charge in [-0.1, -0.05) is 30.3 Å². The summed E-state index contributed by atoms with van der Waals surface area (Å²) in [6.07, 6.45) is 0.896. The molecule has 2 aromatic carbocycles. The van der Waals surface area contributed by atoms with Crippen LogP contribution in [0.15, 0.2) is 42.5 Å². The third-order valence-electron chi connectivity index (χ3n) is 3.15. The third-order valence-corrected chi connectivity index (χ3v) is 5.34. The first-order chi connectivity index (χ1) is 9.11. The lowest BCUT2D eigenvalue weighted by Gasteiger charge is -2.19. The quantitative estimate of drug-likeness (QED) is 0.397. The molecule has 1 unspecified atom stereocenters. The number of rotatable bonds is 4. The second-order valence-corrected chi connectivity index (χ2v) is 6.85. The second kappa shape index (κ2) is 7.01. The van der Waals surface area contributed by atoms with Gasteiger partial charge in [-0.15, -0.1) is 0 Å². The molecule has 0 aliphatic rings. The average molecular weight is 478 g/mol. The monoisotopic (exact) mass is 478 g/mol. The molecule has 0 aliphatic carbocycles. The lowest BCUT2D eigenvalue weighted by Crippen LogP contribution is -2.30. The van der Waals surface area contributed by atoms with Crippen molar-refractivity contribution < 1.29 is 0 Å². The van der Waals surface area contributed by atoms with Crippen molar-refractivity contribution in [3.63, 3.8) is 0 Å². The van der Waals surface area contributed by atoms with Gasteiger partial charge in [-0.05, 0) is 87.3 Å². The Balaban J connectivity index is 2.25. The molecule has 100 valence electrons. The predicted octanol–water partition coefficient (Wildman–Crippen LogP) is 3.95. The summed E-state index contributed by atoms with van der Waals surface area (Å²) < 4.78 is 2.54. The molecule has 0 aliphatic heterocycles. The summed E-state index contributed by atoms with van der Waals surface area (Å²) in [5, 5.41) is 0. The van der Waals surface area contributed by atoms with E-state index < -0.39 is 0 Å². The van der Waals surface area contributed by atoms with Gasteiger partial charge in [0.1, 0.15) is 0 Å². The molecule has 2 nitrogen and oxygen atoms in total. The van der Waals surface area contributed by atoms with Gasteiger partial charge in [0.2, 0.25) is 0 Å². The fourth-order valence-electron chi connectivity index (χ4n) is 2.05. The van der Waals surface area contributed by atoms with Gasteiger partial charge in [-0.25, -0.2) is 0 Å². The van der Waals surface area contributed by atoms with Gasteiger partial charge in [-0.2, -0.15) is 0 Å². The first-order valence-corrected chi connectivity index (χ1v) is 8.23. The normalized spacial score (nSPS) is 12.4. The molecular formula is C15H16I2N2. The van der Waals surface area contributed by atoms with Gasteiger partial charge in [0.25, 0.3) is 0 Å². The summed E-state index contributed by atoms with van der Waals surface area (Å²) in [5.41, 5.74) is 6.79. The van der Waals surface area contributed by atoms with Gasteiger partial charge in [0, 0.05) is 7.14 Å². The second-order valence-electron chi connectivity index (χ2n) is 4.53. The molecule has 1 atom stereocenters. The highest BCUT2D eigenvalue weighted by Crippen LogP contribution is 2.25. The molecule has 19 heavy (non-hydrogen) atoms. The van der Waals surface area contributed by atoms with Crippen molar-refractivity contribution in [3.05, 3.63) is 66.3 Å². The van der Waals surface area contributed by atoms with Crippen molar-refractivity contribution in [2.24, 2.45) is 5.84 Å². The van der Waals surface area contributed by atoms with E-state index in [0.29, 0.717) is 0 Å². The minimum atomic E-state index is 0.145. The van der Waals surface area contributed by atoms with Crippen LogP contribution in [0.25, 0.3) is 0 Å². The number of aryl methyl sites for hydroxylation is 1. The van der Waals surface area contributed by atoms with Crippen LogP contribution in [0.1, 0.15) is 22.7 Å². The molecule has 2 rings (SSSR count). The molecule has 2 aromatic rings. The first-order valence-electron chi connectivity index (χ1n) is 6.07. The van der Waals surface area contributed by atoms with Crippen LogP contribution < -0.4 is 11.3 Å². The number of nitrogens with one attached hydrogen (secondary N) is 1. The fraction of sp³-hybridized carbons (Fsp3) is 0.200. The van der Waals surface area contributed by atoms with Crippen molar-refractivity contribution in [1.82, 2.24) is 5.43 Å². The Kier molecular flexibility index (Phi) is 5.61. The largest absolute Gasteiger partial charge is 0.271 e. The van der Waals surface area contributed by atoms with E-state index in [0.717, 1.165) is 6.42 Å². The Labute approximate surface area is 141 Å². The molecule has 0 saturated carbocycles. The Morgan fingerprint density at radius 2 is 1.79 bits per heavy atom. The van der Waals surface area contributed by atoms with Gasteiger partial charge < -0.3 is 0 Å². The molecule has 0 saturated heterocycles. The molecule has 0 bridgehead atoms. The summed E-state index contributed by atoms with van der Waals surface area (Å²) in [6.45, 7) is 2.13. The van der Waals surface area contributed by atoms with Crippen LogP contribution >= 0.6 is 45.2 Å². The van der Waals surface area contributed by atoms with E-state index in [4.69, 9.17) is 5.84 Å². The summed E-state index contributed by atoms with van der Waals surface area (Å²) in [6, 6.07) is 15.1. The number of nitrogens with two attached hydrogens (primary N) is 1. The highest BCUT2D eigenvalue weighted by atomic mass is 127. The van der Waals surface area contributed by atoms with E-state index in [1.807, 2.05) is 0 Å². The third kappa shape index (κ3) is 3.90. The molecule has 0 fully saturated rings. The van der Waals surface area contributed by atoms with Crippen LogP contribution in [0.5, 0.6) is 0 Å². The van der Waals surface area contributed by atoms with Crippen LogP contribution in [-0.4, -0.2) is 0 Å². The fourth-order valence-corrected chi connectivity index (χ4v) is 3.15. The lowest BCUT2D eigenvalue weighted by molar-refractivity contribution is 0.549. The highest BCUT2D eigenvalue weighted by Gasteiger charge is 2.14. The topological polar surface area (TPSA) is 38.0 Å². The summed E-state index contributed by atoms with van der Waals surface area (Å²) in [5.74, 6) is 5.75. The van der Waals surface area contributed by atoms with Gasteiger partial charge in [0.05, 0.1) is 6.04 Å². The van der Waals surface area contributed by atoms with Crippen LogP contribution in [0.3, 0.4) is 0 Å². The standard InChI is InChI=1S/C15H16I2N2/c1-10-3-2-4-13(15(10)17)14(19-18)9-11-5-7-12(16)8-6-11/h2-8,14,19H,9,18H2,1H3. The minimum absolute atomic E-state index is 0.145. The minimum Gasteiger partial charge on any atom is -0.271 e. The number of hydrazine groups is 1. The molecule has 0 spiro atoms. The zero-order valence-electron chi connectivity index (χ0n) is 10.7. The van der Waals surface area contributed by atoms with Crippen molar-refractivity contribution in [3.8, 4) is 0 Å². The first kappa shape index (κ1) is 15.2. The van der Waals surface area contributed by atoms with Gasteiger partial charge >= 0.3 is 0 Å². The zero-order valence-corrected chi connectivity index (χ0v) is 15.0. The number of hydrogen-bond donors (Lipinski definition) is 2. The average Bonchev–Trinajstić information content (AvgIpc) is 2.42. The van der Waals surface area contributed by atoms with Crippen LogP contribution in [-0.2, 0) is 6.42 Å². The maximum absolute atomic E-state index is 5.75. The number of benzene rings is 2. The van der Waals surface area contributed by atoms with Crippen LogP contribution in [0.2, 0.25) is 0 Å². The molecule has 0 amide bonds. The van der Waals surface area contributed by atoms with E-state index in [9.17, 15) is 0 Å². The maximum atomic E-state index is 5.75. The smallest absolute Gasteiger partial charge is 0.0510 e. The highest BCUT2D eigenvalue weighted by molar-refractivity contribution is 14.1. The maximum Gasteiger partial charge on any atom is 0.0510 e. The zero-order chi connectivity index (χ0) is 13.8.